The molecule has 2 aromatic rings. The Morgan fingerprint density at radius 1 is 1.56 bits per heavy atom. The second-order valence-electron chi connectivity index (χ2n) is 3.16. The van der Waals surface area contributed by atoms with Crippen molar-refractivity contribution in [2.45, 2.75) is 6.92 Å². The number of carbonyl (C=O) groups excluding carboxylic acids is 1. The van der Waals surface area contributed by atoms with Crippen LogP contribution in [0, 0.1) is 6.92 Å². The fraction of sp³-hybridized carbons (Fsp3) is 0.0909. The first-order valence-corrected chi connectivity index (χ1v) is 6.43. The van der Waals surface area contributed by atoms with Crippen molar-refractivity contribution in [1.29, 1.82) is 0 Å². The number of rotatable bonds is 3. The fourth-order valence-corrected chi connectivity index (χ4v) is 2.40. The topological polar surface area (TPSA) is 42.0 Å². The van der Waals surface area contributed by atoms with Crippen LogP contribution in [0.4, 0.5) is 5.13 Å². The van der Waals surface area contributed by atoms with Crippen molar-refractivity contribution in [3.8, 4) is 0 Å². The highest BCUT2D eigenvalue weighted by Gasteiger charge is 2.01. The molecule has 0 aliphatic carbocycles. The summed E-state index contributed by atoms with van der Waals surface area (Å²) in [4.78, 5) is 16.6. The summed E-state index contributed by atoms with van der Waals surface area (Å²) in [5.41, 5.74) is 1.04. The number of anilines is 1. The van der Waals surface area contributed by atoms with E-state index in [0.29, 0.717) is 5.13 Å². The first kappa shape index (κ1) is 11.0. The number of nitrogens with one attached hydrogen (secondary N) is 1. The van der Waals surface area contributed by atoms with Gasteiger partial charge >= 0.3 is 0 Å². The molecule has 0 fully saturated rings. The van der Waals surface area contributed by atoms with Gasteiger partial charge in [0.2, 0.25) is 5.91 Å². The molecule has 5 heteroatoms. The molecule has 0 saturated carbocycles. The van der Waals surface area contributed by atoms with Gasteiger partial charge in [0.05, 0.1) is 0 Å². The van der Waals surface area contributed by atoms with Gasteiger partial charge in [-0.2, -0.15) is 11.3 Å². The highest BCUT2D eigenvalue weighted by molar-refractivity contribution is 7.15. The molecule has 0 aromatic carbocycles. The van der Waals surface area contributed by atoms with Crippen LogP contribution in [0.1, 0.15) is 10.4 Å². The average Bonchev–Trinajstić information content (AvgIpc) is 2.87. The predicted octanol–water partition coefficient (Wildman–Crippen LogP) is 3.16. The normalized spacial score (nSPS) is 10.8. The van der Waals surface area contributed by atoms with E-state index in [1.807, 2.05) is 23.8 Å². The van der Waals surface area contributed by atoms with Gasteiger partial charge in [0, 0.05) is 17.2 Å². The van der Waals surface area contributed by atoms with Crippen LogP contribution < -0.4 is 5.32 Å². The van der Waals surface area contributed by atoms with Gasteiger partial charge < -0.3 is 0 Å². The summed E-state index contributed by atoms with van der Waals surface area (Å²) >= 11 is 3.07. The quantitative estimate of drug-likeness (QED) is 0.850. The number of amides is 1. The molecule has 0 radical (unpaired) electrons. The minimum Gasteiger partial charge on any atom is -0.298 e. The Labute approximate surface area is 101 Å². The molecule has 0 bridgehead atoms. The van der Waals surface area contributed by atoms with Crippen LogP contribution in [0.25, 0.3) is 6.08 Å². The maximum absolute atomic E-state index is 11.5. The van der Waals surface area contributed by atoms with E-state index >= 15 is 0 Å². The lowest BCUT2D eigenvalue weighted by molar-refractivity contribution is -0.111. The Kier molecular flexibility index (Phi) is 3.48. The smallest absolute Gasteiger partial charge is 0.250 e. The number of aromatic nitrogens is 1. The number of hydrogen-bond donors (Lipinski definition) is 1. The first-order chi connectivity index (χ1) is 7.74. The van der Waals surface area contributed by atoms with Gasteiger partial charge in [-0.1, -0.05) is 0 Å². The summed E-state index contributed by atoms with van der Waals surface area (Å²) in [5.74, 6) is -0.152. The lowest BCUT2D eigenvalue weighted by atomic mass is 10.3. The van der Waals surface area contributed by atoms with Gasteiger partial charge in [-0.25, -0.2) is 4.98 Å². The summed E-state index contributed by atoms with van der Waals surface area (Å²) < 4.78 is 0. The fourth-order valence-electron chi connectivity index (χ4n) is 1.10. The van der Waals surface area contributed by atoms with Crippen molar-refractivity contribution in [2.24, 2.45) is 0 Å². The molecule has 0 saturated heterocycles. The minimum absolute atomic E-state index is 0.152. The molecule has 0 aliphatic rings. The molecule has 2 aromatic heterocycles. The third-order valence-electron chi connectivity index (χ3n) is 1.82. The number of carbonyl (C=O) groups is 1. The second-order valence-corrected chi connectivity index (χ2v) is 5.17. The number of hydrogen-bond acceptors (Lipinski definition) is 4. The largest absolute Gasteiger partial charge is 0.298 e. The summed E-state index contributed by atoms with van der Waals surface area (Å²) in [6, 6.07) is 1.96. The van der Waals surface area contributed by atoms with E-state index in [9.17, 15) is 4.79 Å². The van der Waals surface area contributed by atoms with Gasteiger partial charge in [-0.15, -0.1) is 11.3 Å². The molecule has 2 rings (SSSR count). The van der Waals surface area contributed by atoms with Crippen molar-refractivity contribution in [3.05, 3.63) is 39.5 Å². The highest BCUT2D eigenvalue weighted by atomic mass is 32.1. The lowest BCUT2D eigenvalue weighted by Gasteiger charge is -1.94. The molecule has 16 heavy (non-hydrogen) atoms. The Balaban J connectivity index is 1.94. The van der Waals surface area contributed by atoms with E-state index in [-0.39, 0.29) is 5.91 Å². The van der Waals surface area contributed by atoms with Crippen LogP contribution in [0.5, 0.6) is 0 Å². The molecule has 1 N–H and O–H groups in total. The Hall–Kier alpha value is -1.46. The third-order valence-corrected chi connectivity index (χ3v) is 3.35. The molecule has 2 heterocycles. The zero-order valence-corrected chi connectivity index (χ0v) is 10.3. The second kappa shape index (κ2) is 5.05. The zero-order chi connectivity index (χ0) is 11.4. The highest BCUT2D eigenvalue weighted by Crippen LogP contribution is 2.16. The predicted molar refractivity (Wildman–Crippen MR) is 68.8 cm³/mol. The molecule has 82 valence electrons. The van der Waals surface area contributed by atoms with Crippen molar-refractivity contribution in [3.63, 3.8) is 0 Å². The Bertz CT molecular complexity index is 500. The number of nitrogens with zero attached hydrogens (tertiary/aromatic N) is 1. The molecule has 3 nitrogen and oxygen atoms in total. The monoisotopic (exact) mass is 250 g/mol. The summed E-state index contributed by atoms with van der Waals surface area (Å²) in [6.45, 7) is 1.95. The molecular formula is C11H10N2OS2. The molecule has 0 spiro atoms. The number of aryl methyl sites for hydroxylation is 1. The molecular weight excluding hydrogens is 240 g/mol. The van der Waals surface area contributed by atoms with Gasteiger partial charge in [0.25, 0.3) is 0 Å². The number of thiophene rings is 1. The van der Waals surface area contributed by atoms with E-state index in [1.54, 1.807) is 23.6 Å². The lowest BCUT2D eigenvalue weighted by Crippen LogP contribution is -2.06. The van der Waals surface area contributed by atoms with Gasteiger partial charge in [0.15, 0.2) is 5.13 Å². The molecule has 1 amide bonds. The van der Waals surface area contributed by atoms with E-state index in [4.69, 9.17) is 0 Å². The van der Waals surface area contributed by atoms with Crippen LogP contribution in [0.3, 0.4) is 0 Å². The summed E-state index contributed by atoms with van der Waals surface area (Å²) in [7, 11) is 0. The summed E-state index contributed by atoms with van der Waals surface area (Å²) in [6.07, 6.45) is 5.04. The minimum atomic E-state index is -0.152. The number of thiazole rings is 1. The van der Waals surface area contributed by atoms with Crippen molar-refractivity contribution in [1.82, 2.24) is 4.98 Å². The van der Waals surface area contributed by atoms with Crippen LogP contribution in [0.15, 0.2) is 29.1 Å². The first-order valence-electron chi connectivity index (χ1n) is 4.68. The van der Waals surface area contributed by atoms with E-state index in [1.165, 1.54) is 17.4 Å². The van der Waals surface area contributed by atoms with Gasteiger partial charge in [-0.3, -0.25) is 10.1 Å². The Morgan fingerprint density at radius 2 is 2.44 bits per heavy atom. The van der Waals surface area contributed by atoms with Crippen LogP contribution >= 0.6 is 22.7 Å². The standard InChI is InChI=1S/C11H10N2OS2/c1-8-6-12-11(16-8)13-10(14)3-2-9-4-5-15-7-9/h2-7H,1H3,(H,12,13,14)/b3-2+. The van der Waals surface area contributed by atoms with E-state index < -0.39 is 0 Å². The average molecular weight is 250 g/mol. The van der Waals surface area contributed by atoms with Crippen molar-refractivity contribution < 1.29 is 4.79 Å². The molecule has 0 aliphatic heterocycles. The molecule has 0 atom stereocenters. The maximum atomic E-state index is 11.5. The SMILES string of the molecule is Cc1cnc(NC(=O)/C=C/c2ccsc2)s1. The maximum Gasteiger partial charge on any atom is 0.250 e. The van der Waals surface area contributed by atoms with Crippen LogP contribution in [-0.4, -0.2) is 10.9 Å². The van der Waals surface area contributed by atoms with Crippen molar-refractivity contribution in [2.75, 3.05) is 5.32 Å². The van der Waals surface area contributed by atoms with Crippen molar-refractivity contribution >= 4 is 39.8 Å². The Morgan fingerprint density at radius 3 is 3.06 bits per heavy atom. The van der Waals surface area contributed by atoms with Gasteiger partial charge in [-0.05, 0) is 35.4 Å². The third kappa shape index (κ3) is 3.01. The van der Waals surface area contributed by atoms with E-state index in [0.717, 1.165) is 10.4 Å². The zero-order valence-electron chi connectivity index (χ0n) is 8.64. The molecule has 0 unspecified atom stereocenters. The van der Waals surface area contributed by atoms with Gasteiger partial charge in [0.1, 0.15) is 0 Å². The van der Waals surface area contributed by atoms with E-state index in [2.05, 4.69) is 10.3 Å². The van der Waals surface area contributed by atoms with Crippen LogP contribution in [0.2, 0.25) is 0 Å². The summed E-state index contributed by atoms with van der Waals surface area (Å²) in [5, 5.41) is 7.30. The van der Waals surface area contributed by atoms with Crippen LogP contribution in [-0.2, 0) is 4.79 Å².